The molecule has 0 aromatic carbocycles. The summed E-state index contributed by atoms with van der Waals surface area (Å²) >= 11 is 0. The van der Waals surface area contributed by atoms with Crippen molar-refractivity contribution in [1.29, 1.82) is 0 Å². The van der Waals surface area contributed by atoms with E-state index < -0.39 is 408 Å². The summed E-state index contributed by atoms with van der Waals surface area (Å²) in [6.45, 7) is -4.53. The van der Waals surface area contributed by atoms with Crippen LogP contribution < -0.4 is 21.3 Å². The van der Waals surface area contributed by atoms with Gasteiger partial charge in [-0.15, -0.1) is 0 Å². The zero-order chi connectivity index (χ0) is 95.1. The number of rotatable bonds is 36. The largest absolute Gasteiger partial charge is 0.410 e. The van der Waals surface area contributed by atoms with Crippen LogP contribution in [0, 0.1) is 5.92 Å². The molecule has 56 nitrogen and oxygen atoms in total. The second kappa shape index (κ2) is 46.6. The van der Waals surface area contributed by atoms with Crippen molar-refractivity contribution < 1.29 is 257 Å². The Bertz CT molecular complexity index is 3520. The highest BCUT2D eigenvalue weighted by atomic mass is 16.9. The van der Waals surface area contributed by atoms with Crippen LogP contribution in [-0.2, 0) is 119 Å². The minimum Gasteiger partial charge on any atom is -0.410 e. The Kier molecular flexibility index (Phi) is 38.5. The predicted octanol–water partition coefficient (Wildman–Crippen LogP) is -20.6. The van der Waals surface area contributed by atoms with Gasteiger partial charge in [0.05, 0.1) is 96.8 Å². The van der Waals surface area contributed by atoms with Crippen molar-refractivity contribution in [2.24, 2.45) is 5.92 Å². The van der Waals surface area contributed by atoms with E-state index in [1.54, 1.807) is 0 Å². The van der Waals surface area contributed by atoms with Gasteiger partial charge in [0.15, 0.2) is 50.3 Å². The summed E-state index contributed by atoms with van der Waals surface area (Å²) in [6, 6.07) is -7.14. The second-order valence-electron chi connectivity index (χ2n) is 33.0. The number of carbonyl (C=O) groups is 5. The lowest BCUT2D eigenvalue weighted by Crippen LogP contribution is -2.71. The van der Waals surface area contributed by atoms with Crippen LogP contribution in [0.25, 0.3) is 0 Å². The Morgan fingerprint density at radius 3 is 1.07 bits per heavy atom. The number of hydrogen-bond acceptors (Lipinski definition) is 52. The molecule has 0 spiro atoms. The van der Waals surface area contributed by atoms with Crippen molar-refractivity contribution in [3.8, 4) is 0 Å². The molecule has 10 rings (SSSR count). The fourth-order valence-electron chi connectivity index (χ4n) is 16.9. The van der Waals surface area contributed by atoms with Gasteiger partial charge in [0.2, 0.25) is 23.6 Å². The molecular formula is C73H122N4O52. The molecule has 4 amide bonds. The van der Waals surface area contributed by atoms with Gasteiger partial charge < -0.3 is 254 Å². The molecule has 0 saturated carbocycles. The van der Waals surface area contributed by atoms with E-state index in [4.69, 9.17) is 94.7 Å². The average Bonchev–Trinajstić information content (AvgIpc) is 0.771. The molecule has 31 N–H and O–H groups in total. The SMILES string of the molecule is CC(=O)NC1C(O)[C@H](O[C@@H]2OC(CO)[C@H](O)[C@H](O)C2O)[C@H](CO)O[C@H]1OC1[C@@H](OCC2O[C@@H](O[C@@H]3C(CO)O[C@@H](O[C@@H]4C(CO)O[C@@H](C)C(NC(C)=O)[C@H]4O)C(NC(C)=O)[C@H]3O)C(O)[C@@H](O[C@H]3OC(CO)[C@@H](O)C(O)C3O[C@@H]3OC(CO)[C@@H](O[C@@H]4OC(CO[C@]5(OC=O)C[C@@H](O)[C@@H](C)C([C@H](O)[C@H](O)CO)O5)[C@H](O)[C@H](O)C4O)[C@H](O)C3NC(C)=O)[C@@H]2O)OC(CO)[C@@H](O)[C@@H]1O. The van der Waals surface area contributed by atoms with Crippen LogP contribution in [0.5, 0.6) is 0 Å². The molecule has 0 bridgehead atoms. The summed E-state index contributed by atoms with van der Waals surface area (Å²) in [7, 11) is 0. The van der Waals surface area contributed by atoms with E-state index >= 15 is 0 Å². The minimum atomic E-state index is -2.67. The quantitative estimate of drug-likeness (QED) is 0.0205. The van der Waals surface area contributed by atoms with E-state index in [9.17, 15) is 162 Å². The molecule has 20 unspecified atom stereocenters. The topological polar surface area (TPSA) is 864 Å². The Morgan fingerprint density at radius 1 is 0.349 bits per heavy atom. The Labute approximate surface area is 732 Å². The first-order valence-corrected chi connectivity index (χ1v) is 41.4. The van der Waals surface area contributed by atoms with Crippen molar-refractivity contribution in [1.82, 2.24) is 21.3 Å². The first-order valence-electron chi connectivity index (χ1n) is 41.4. The fraction of sp³-hybridized carbons (Fsp3) is 0.932. The first kappa shape index (κ1) is 107. The van der Waals surface area contributed by atoms with E-state index in [0.29, 0.717) is 0 Å². The molecule has 10 saturated heterocycles. The molecule has 10 fully saturated rings. The molecule has 10 heterocycles. The maximum absolute atomic E-state index is 13.2. The van der Waals surface area contributed by atoms with Gasteiger partial charge in [0, 0.05) is 33.6 Å². The normalized spacial score (nSPS) is 48.1. The van der Waals surface area contributed by atoms with Crippen LogP contribution in [0.3, 0.4) is 0 Å². The van der Waals surface area contributed by atoms with Crippen LogP contribution >= 0.6 is 0 Å². The first-order chi connectivity index (χ1) is 61.0. The average molecular weight is 1890 g/mol. The molecule has 10 aliphatic heterocycles. The maximum Gasteiger partial charge on any atom is 0.332 e. The third-order valence-corrected chi connectivity index (χ3v) is 24.0. The molecule has 10 aliphatic rings. The molecule has 0 aliphatic carbocycles. The summed E-state index contributed by atoms with van der Waals surface area (Å²) < 4.78 is 119. The Hall–Kier alpha value is -4.49. The van der Waals surface area contributed by atoms with Crippen molar-refractivity contribution >= 4 is 30.1 Å². The van der Waals surface area contributed by atoms with Gasteiger partial charge >= 0.3 is 5.97 Å². The number of aliphatic hydroxyl groups is 27. The van der Waals surface area contributed by atoms with Crippen LogP contribution in [0.4, 0.5) is 0 Å². The highest BCUT2D eigenvalue weighted by molar-refractivity contribution is 5.74. The number of hydrogen-bond donors (Lipinski definition) is 31. The third-order valence-electron chi connectivity index (χ3n) is 24.0. The molecular weight excluding hydrogens is 1760 g/mol. The second-order valence-corrected chi connectivity index (χ2v) is 33.0. The Morgan fingerprint density at radius 2 is 0.667 bits per heavy atom. The maximum atomic E-state index is 13.2. The van der Waals surface area contributed by atoms with Crippen molar-refractivity contribution in [2.45, 2.75) is 354 Å². The zero-order valence-corrected chi connectivity index (χ0v) is 70.0. The van der Waals surface area contributed by atoms with E-state index in [1.165, 1.54) is 13.8 Å². The van der Waals surface area contributed by atoms with Gasteiger partial charge in [0.25, 0.3) is 6.47 Å². The van der Waals surface area contributed by atoms with Crippen molar-refractivity contribution in [3.05, 3.63) is 0 Å². The standard InChI is InChI=1S/C73H122N4O52/c1-19-25(91)7-73(112-18-86,129-57(19)40(93)26(92)8-78)111-17-35-44(97)51(104)55(108)69(121-35)124-60-32(14-84)119-67(39(49(60)102)77-24(6)90)128-64-53(106)43(96)29(11-81)116-72(64)126-62-45(98)34(120-70(56(62)109)125-61-33(15-85)117-65(37(47(61)100)75-22(4)88)122-58-30(12-82)113-20(2)36(46(58)99)74-21(3)87)16-110-71-63(52(105)42(95)28(10-80)115-71)127-66-38(76-23(5)89)48(101)59(31(13-83)118-66)123-68-54(107)50(103)41(94)27(9-79)114-68/h18-20,25-72,78-85,91-109H,7-17H2,1-6H3,(H,74,87)(H,75,88)(H,76,89)(H,77,90)/t19-,20+,25-,26-,27?,28?,29?,30?,31+,32?,33?,34?,35?,36?,37?,38?,39?,40-,41+,42-,43-,44+,45-,46-,47-,48?,49-,50+,51+,52+,53?,54?,55?,56?,57?,58-,59-,60-,61-,62+,63?,64?,65+,66+,67+,68+,69+,70+,71+,72-,73+/m1/s1. The van der Waals surface area contributed by atoms with Crippen LogP contribution in [0.2, 0.25) is 0 Å². The summed E-state index contributed by atoms with van der Waals surface area (Å²) in [5, 5.41) is 313. The van der Waals surface area contributed by atoms with Gasteiger partial charge in [-0.1, -0.05) is 6.92 Å². The number of amides is 4. The van der Waals surface area contributed by atoms with Gasteiger partial charge in [-0.3, -0.25) is 24.0 Å². The predicted molar refractivity (Wildman–Crippen MR) is 399 cm³/mol. The third kappa shape index (κ3) is 23.9. The zero-order valence-electron chi connectivity index (χ0n) is 70.0. The van der Waals surface area contributed by atoms with E-state index in [1.807, 2.05) is 0 Å². The molecule has 51 atom stereocenters. The number of nitrogens with one attached hydrogen (secondary N) is 4. The molecule has 129 heavy (non-hydrogen) atoms. The number of ether oxygens (including phenoxy) is 20. The summed E-state index contributed by atoms with van der Waals surface area (Å²) in [4.78, 5) is 63.5. The number of aliphatic hydroxyl groups excluding tert-OH is 27. The summed E-state index contributed by atoms with van der Waals surface area (Å²) in [5.74, 6) is -7.27. The van der Waals surface area contributed by atoms with E-state index in [-0.39, 0.29) is 6.47 Å². The van der Waals surface area contributed by atoms with Crippen LogP contribution in [0.1, 0.15) is 48.0 Å². The summed E-state index contributed by atoms with van der Waals surface area (Å²) in [6.07, 6.45) is -94.0. The molecule has 746 valence electrons. The van der Waals surface area contributed by atoms with Crippen molar-refractivity contribution in [2.75, 3.05) is 66.1 Å². The van der Waals surface area contributed by atoms with Crippen LogP contribution in [0.15, 0.2) is 0 Å². The highest BCUT2D eigenvalue weighted by Crippen LogP contribution is 2.43. The lowest BCUT2D eigenvalue weighted by Gasteiger charge is -2.51. The Balaban J connectivity index is 0.960. The van der Waals surface area contributed by atoms with Gasteiger partial charge in [-0.25, -0.2) is 0 Å². The van der Waals surface area contributed by atoms with E-state index in [0.717, 1.165) is 27.7 Å². The lowest BCUT2D eigenvalue weighted by atomic mass is 9.87. The van der Waals surface area contributed by atoms with Crippen molar-refractivity contribution in [3.63, 3.8) is 0 Å². The van der Waals surface area contributed by atoms with E-state index in [2.05, 4.69) is 21.3 Å². The smallest absolute Gasteiger partial charge is 0.332 e. The molecule has 56 heteroatoms. The lowest BCUT2D eigenvalue weighted by molar-refractivity contribution is -0.424. The highest BCUT2D eigenvalue weighted by Gasteiger charge is 2.62. The van der Waals surface area contributed by atoms with Gasteiger partial charge in [-0.2, -0.15) is 0 Å². The van der Waals surface area contributed by atoms with Crippen LogP contribution in [-0.4, -0.2) is 540 Å². The summed E-state index contributed by atoms with van der Waals surface area (Å²) in [5.41, 5.74) is 0. The fourth-order valence-corrected chi connectivity index (χ4v) is 16.9. The number of carbonyl (C=O) groups excluding carboxylic acids is 5. The molecule has 0 aromatic heterocycles. The minimum absolute atomic E-state index is 0.197. The molecule has 0 aromatic rings. The van der Waals surface area contributed by atoms with Gasteiger partial charge in [-0.05, 0) is 6.92 Å². The molecule has 0 radical (unpaired) electrons. The monoisotopic (exact) mass is 1890 g/mol. The van der Waals surface area contributed by atoms with Gasteiger partial charge in [0.1, 0.15) is 226 Å².